The molecule has 0 aromatic rings. The van der Waals surface area contributed by atoms with Crippen molar-refractivity contribution in [3.05, 3.63) is 0 Å². The molecule has 2 atom stereocenters. The molecular weight excluding hydrogens is 144 g/mol. The van der Waals surface area contributed by atoms with E-state index in [1.54, 1.807) is 0 Å². The Morgan fingerprint density at radius 2 is 2.27 bits per heavy atom. The van der Waals surface area contributed by atoms with E-state index in [2.05, 4.69) is 6.92 Å². The highest BCUT2D eigenvalue weighted by Gasteiger charge is 2.38. The van der Waals surface area contributed by atoms with Crippen molar-refractivity contribution in [2.24, 2.45) is 0 Å². The van der Waals surface area contributed by atoms with Crippen LogP contribution in [0.15, 0.2) is 0 Å². The van der Waals surface area contributed by atoms with Gasteiger partial charge in [-0.2, -0.15) is 0 Å². The van der Waals surface area contributed by atoms with Gasteiger partial charge in [-0.25, -0.2) is 0 Å². The van der Waals surface area contributed by atoms with E-state index in [-0.39, 0.29) is 12.1 Å². The molecule has 0 radical (unpaired) electrons. The summed E-state index contributed by atoms with van der Waals surface area (Å²) >= 11 is 0. The maximum Gasteiger partial charge on any atom is 0.302 e. The van der Waals surface area contributed by atoms with Gasteiger partial charge in [0, 0.05) is 6.92 Å². The molecule has 1 aliphatic rings. The van der Waals surface area contributed by atoms with Crippen LogP contribution in [0.25, 0.3) is 0 Å². The molecule has 0 spiro atoms. The first-order valence-electron chi connectivity index (χ1n) is 4.03. The van der Waals surface area contributed by atoms with Crippen molar-refractivity contribution in [2.45, 2.75) is 38.9 Å². The van der Waals surface area contributed by atoms with E-state index in [4.69, 9.17) is 9.47 Å². The van der Waals surface area contributed by atoms with Gasteiger partial charge in [0.1, 0.15) is 12.7 Å². The molecule has 11 heavy (non-hydrogen) atoms. The smallest absolute Gasteiger partial charge is 0.302 e. The summed E-state index contributed by atoms with van der Waals surface area (Å²) in [6.07, 6.45) is 2.73. The molecule has 0 amide bonds. The van der Waals surface area contributed by atoms with Gasteiger partial charge in [0.2, 0.25) is 0 Å². The quantitative estimate of drug-likeness (QED) is 0.454. The van der Waals surface area contributed by atoms with E-state index >= 15 is 0 Å². The average molecular weight is 158 g/mol. The van der Waals surface area contributed by atoms with Gasteiger partial charge in [-0.1, -0.05) is 13.3 Å². The second-order valence-electron chi connectivity index (χ2n) is 2.80. The molecule has 1 saturated heterocycles. The van der Waals surface area contributed by atoms with Crippen LogP contribution in [0.5, 0.6) is 0 Å². The number of rotatable bonds is 4. The summed E-state index contributed by atoms with van der Waals surface area (Å²) in [5, 5.41) is 0. The minimum atomic E-state index is -0.226. The molecule has 64 valence electrons. The molecule has 0 aromatic carbocycles. The van der Waals surface area contributed by atoms with E-state index in [1.807, 2.05) is 0 Å². The Bertz CT molecular complexity index is 144. The third-order valence-corrected chi connectivity index (χ3v) is 1.71. The standard InChI is InChI=1S/C8H14O3/c1-3-4-7-8(11-7)5-10-6(2)9/h7-8H,3-5H2,1-2H3/t7-,8-/m0/s1. The van der Waals surface area contributed by atoms with Crippen molar-refractivity contribution in [1.82, 2.24) is 0 Å². The van der Waals surface area contributed by atoms with Crippen LogP contribution in [0.3, 0.4) is 0 Å². The molecule has 3 nitrogen and oxygen atoms in total. The van der Waals surface area contributed by atoms with Crippen molar-refractivity contribution in [1.29, 1.82) is 0 Å². The lowest BCUT2D eigenvalue weighted by atomic mass is 10.2. The molecule has 0 saturated carbocycles. The lowest BCUT2D eigenvalue weighted by Crippen LogP contribution is -2.08. The monoisotopic (exact) mass is 158 g/mol. The molecule has 0 aromatic heterocycles. The zero-order valence-corrected chi connectivity index (χ0v) is 7.00. The molecule has 1 fully saturated rings. The van der Waals surface area contributed by atoms with Crippen LogP contribution < -0.4 is 0 Å². The highest BCUT2D eigenvalue weighted by Crippen LogP contribution is 2.26. The van der Waals surface area contributed by atoms with Gasteiger partial charge in [0.05, 0.1) is 6.10 Å². The summed E-state index contributed by atoms with van der Waals surface area (Å²) in [7, 11) is 0. The van der Waals surface area contributed by atoms with Gasteiger partial charge in [0.15, 0.2) is 0 Å². The van der Waals surface area contributed by atoms with Gasteiger partial charge in [-0.3, -0.25) is 4.79 Å². The maximum absolute atomic E-state index is 10.4. The molecule has 1 heterocycles. The highest BCUT2D eigenvalue weighted by atomic mass is 16.6. The Morgan fingerprint density at radius 1 is 1.55 bits per heavy atom. The van der Waals surface area contributed by atoms with Crippen molar-refractivity contribution < 1.29 is 14.3 Å². The van der Waals surface area contributed by atoms with Gasteiger partial charge < -0.3 is 9.47 Å². The Hall–Kier alpha value is -0.570. The Kier molecular flexibility index (Phi) is 2.88. The normalized spacial score (nSPS) is 28.2. The zero-order chi connectivity index (χ0) is 8.27. The van der Waals surface area contributed by atoms with E-state index in [0.717, 1.165) is 12.8 Å². The van der Waals surface area contributed by atoms with Crippen LogP contribution in [-0.2, 0) is 14.3 Å². The second-order valence-corrected chi connectivity index (χ2v) is 2.80. The molecule has 0 bridgehead atoms. The SMILES string of the molecule is CCC[C@@H]1O[C@H]1COC(C)=O. The summed E-state index contributed by atoms with van der Waals surface area (Å²) in [6.45, 7) is 3.96. The topological polar surface area (TPSA) is 38.8 Å². The number of carbonyl (C=O) groups excluding carboxylic acids is 1. The van der Waals surface area contributed by atoms with Crippen LogP contribution in [0.2, 0.25) is 0 Å². The van der Waals surface area contributed by atoms with Crippen LogP contribution in [-0.4, -0.2) is 24.8 Å². The summed E-state index contributed by atoms with van der Waals surface area (Å²) in [4.78, 5) is 10.4. The number of hydrogen-bond acceptors (Lipinski definition) is 3. The maximum atomic E-state index is 10.4. The summed E-state index contributed by atoms with van der Waals surface area (Å²) < 4.78 is 10.0. The fourth-order valence-electron chi connectivity index (χ4n) is 1.06. The first-order valence-corrected chi connectivity index (χ1v) is 4.03. The summed E-state index contributed by atoms with van der Waals surface area (Å²) in [6, 6.07) is 0. The fraction of sp³-hybridized carbons (Fsp3) is 0.875. The molecule has 0 aliphatic carbocycles. The summed E-state index contributed by atoms with van der Waals surface area (Å²) in [5.74, 6) is -0.226. The first kappa shape index (κ1) is 8.53. The molecule has 0 N–H and O–H groups in total. The first-order chi connectivity index (χ1) is 5.24. The van der Waals surface area contributed by atoms with E-state index in [1.165, 1.54) is 6.92 Å². The van der Waals surface area contributed by atoms with Crippen LogP contribution >= 0.6 is 0 Å². The molecular formula is C8H14O3. The Morgan fingerprint density at radius 3 is 2.82 bits per heavy atom. The third-order valence-electron chi connectivity index (χ3n) is 1.71. The van der Waals surface area contributed by atoms with Gasteiger partial charge in [-0.15, -0.1) is 0 Å². The Balaban J connectivity index is 2.00. The van der Waals surface area contributed by atoms with Crippen molar-refractivity contribution in [3.8, 4) is 0 Å². The number of ether oxygens (including phenoxy) is 2. The predicted octanol–water partition coefficient (Wildman–Crippen LogP) is 1.12. The fourth-order valence-corrected chi connectivity index (χ4v) is 1.06. The predicted molar refractivity (Wildman–Crippen MR) is 40.2 cm³/mol. The minimum absolute atomic E-state index is 0.179. The third kappa shape index (κ3) is 2.89. The van der Waals surface area contributed by atoms with E-state index < -0.39 is 0 Å². The minimum Gasteiger partial charge on any atom is -0.463 e. The number of epoxide rings is 1. The zero-order valence-electron chi connectivity index (χ0n) is 7.00. The van der Waals surface area contributed by atoms with Gasteiger partial charge in [0.25, 0.3) is 0 Å². The number of hydrogen-bond donors (Lipinski definition) is 0. The average Bonchev–Trinajstić information content (AvgIpc) is 2.64. The number of esters is 1. The van der Waals surface area contributed by atoms with Crippen LogP contribution in [0.4, 0.5) is 0 Å². The van der Waals surface area contributed by atoms with Gasteiger partial charge in [-0.05, 0) is 6.42 Å². The van der Waals surface area contributed by atoms with Crippen LogP contribution in [0, 0.1) is 0 Å². The molecule has 1 aliphatic heterocycles. The highest BCUT2D eigenvalue weighted by molar-refractivity contribution is 5.65. The molecule has 0 unspecified atom stereocenters. The largest absolute Gasteiger partial charge is 0.463 e. The summed E-state index contributed by atoms with van der Waals surface area (Å²) in [5.41, 5.74) is 0. The van der Waals surface area contributed by atoms with Crippen molar-refractivity contribution in [3.63, 3.8) is 0 Å². The molecule has 1 rings (SSSR count). The molecule has 3 heteroatoms. The van der Waals surface area contributed by atoms with Crippen molar-refractivity contribution in [2.75, 3.05) is 6.61 Å². The van der Waals surface area contributed by atoms with Gasteiger partial charge >= 0.3 is 5.97 Å². The van der Waals surface area contributed by atoms with E-state index in [9.17, 15) is 4.79 Å². The number of carbonyl (C=O) groups is 1. The van der Waals surface area contributed by atoms with Crippen molar-refractivity contribution >= 4 is 5.97 Å². The van der Waals surface area contributed by atoms with E-state index in [0.29, 0.717) is 12.7 Å². The Labute approximate surface area is 66.7 Å². The van der Waals surface area contributed by atoms with Crippen LogP contribution in [0.1, 0.15) is 26.7 Å². The lowest BCUT2D eigenvalue weighted by molar-refractivity contribution is -0.141. The lowest BCUT2D eigenvalue weighted by Gasteiger charge is -1.95. The second kappa shape index (κ2) is 3.72.